The van der Waals surface area contributed by atoms with E-state index in [1.54, 1.807) is 30.0 Å². The molecule has 19 heavy (non-hydrogen) atoms. The van der Waals surface area contributed by atoms with E-state index in [1.807, 2.05) is 0 Å². The maximum absolute atomic E-state index is 12.2. The number of nitrogens with one attached hydrogen (secondary N) is 1. The van der Waals surface area contributed by atoms with Crippen LogP contribution in [0.4, 0.5) is 0 Å². The molecule has 1 aromatic rings. The largest absolute Gasteiger partial charge is 0.353 e. The van der Waals surface area contributed by atoms with Crippen LogP contribution in [0.5, 0.6) is 0 Å². The lowest BCUT2D eigenvalue weighted by atomic mass is 10.1. The highest BCUT2D eigenvalue weighted by Crippen LogP contribution is 2.22. The third-order valence-electron chi connectivity index (χ3n) is 3.18. The Morgan fingerprint density at radius 3 is 2.89 bits per heavy atom. The van der Waals surface area contributed by atoms with Gasteiger partial charge in [0.15, 0.2) is 0 Å². The third-order valence-corrected chi connectivity index (χ3v) is 3.76. The molecule has 1 saturated heterocycles. The molecule has 1 atom stereocenters. The van der Waals surface area contributed by atoms with Crippen LogP contribution in [0.2, 0.25) is 10.0 Å². The first kappa shape index (κ1) is 14.2. The molecule has 0 radical (unpaired) electrons. The first-order chi connectivity index (χ1) is 8.99. The van der Waals surface area contributed by atoms with E-state index in [-0.39, 0.29) is 18.2 Å². The fraction of sp³-hybridized carbons (Fsp3) is 0.385. The zero-order valence-corrected chi connectivity index (χ0v) is 12.0. The SMILES string of the molecule is CC1C(=O)NCCN1C(=O)Cc1ccc(Cl)cc1Cl. The molecule has 4 nitrogen and oxygen atoms in total. The summed E-state index contributed by atoms with van der Waals surface area (Å²) in [6.45, 7) is 2.73. The Morgan fingerprint density at radius 2 is 2.21 bits per heavy atom. The van der Waals surface area contributed by atoms with E-state index in [0.717, 1.165) is 0 Å². The van der Waals surface area contributed by atoms with Crippen molar-refractivity contribution < 1.29 is 9.59 Å². The Hall–Kier alpha value is -1.26. The Kier molecular flexibility index (Phi) is 4.32. The van der Waals surface area contributed by atoms with Crippen LogP contribution in [0.25, 0.3) is 0 Å². The van der Waals surface area contributed by atoms with Crippen molar-refractivity contribution in [2.75, 3.05) is 13.1 Å². The number of halogens is 2. The van der Waals surface area contributed by atoms with Crippen LogP contribution in [0.15, 0.2) is 18.2 Å². The van der Waals surface area contributed by atoms with E-state index >= 15 is 0 Å². The summed E-state index contributed by atoms with van der Waals surface area (Å²) < 4.78 is 0. The van der Waals surface area contributed by atoms with Gasteiger partial charge in [-0.05, 0) is 24.6 Å². The maximum atomic E-state index is 12.2. The first-order valence-electron chi connectivity index (χ1n) is 6.00. The Bertz CT molecular complexity index is 519. The predicted octanol–water partition coefficient (Wildman–Crippen LogP) is 1.88. The number of carbonyl (C=O) groups excluding carboxylic acids is 2. The minimum Gasteiger partial charge on any atom is -0.353 e. The van der Waals surface area contributed by atoms with Gasteiger partial charge in [0, 0.05) is 23.1 Å². The highest BCUT2D eigenvalue weighted by Gasteiger charge is 2.29. The van der Waals surface area contributed by atoms with Crippen LogP contribution >= 0.6 is 23.2 Å². The van der Waals surface area contributed by atoms with Gasteiger partial charge in [0.05, 0.1) is 6.42 Å². The van der Waals surface area contributed by atoms with Crippen molar-refractivity contribution in [2.45, 2.75) is 19.4 Å². The van der Waals surface area contributed by atoms with Crippen LogP contribution < -0.4 is 5.32 Å². The highest BCUT2D eigenvalue weighted by atomic mass is 35.5. The summed E-state index contributed by atoms with van der Waals surface area (Å²) >= 11 is 11.9. The molecule has 0 aliphatic carbocycles. The lowest BCUT2D eigenvalue weighted by Crippen LogP contribution is -2.56. The molecule has 1 aliphatic heterocycles. The van der Waals surface area contributed by atoms with Gasteiger partial charge >= 0.3 is 0 Å². The lowest BCUT2D eigenvalue weighted by Gasteiger charge is -2.33. The fourth-order valence-electron chi connectivity index (χ4n) is 2.05. The molecule has 0 spiro atoms. The Morgan fingerprint density at radius 1 is 1.47 bits per heavy atom. The van der Waals surface area contributed by atoms with Crippen molar-refractivity contribution >= 4 is 35.0 Å². The number of benzene rings is 1. The van der Waals surface area contributed by atoms with Crippen molar-refractivity contribution in [3.8, 4) is 0 Å². The topological polar surface area (TPSA) is 49.4 Å². The molecule has 1 N–H and O–H groups in total. The maximum Gasteiger partial charge on any atom is 0.242 e. The van der Waals surface area contributed by atoms with Gasteiger partial charge in [-0.25, -0.2) is 0 Å². The van der Waals surface area contributed by atoms with Crippen LogP contribution in [0, 0.1) is 0 Å². The number of carbonyl (C=O) groups is 2. The molecule has 0 bridgehead atoms. The summed E-state index contributed by atoms with van der Waals surface area (Å²) in [7, 11) is 0. The monoisotopic (exact) mass is 300 g/mol. The summed E-state index contributed by atoms with van der Waals surface area (Å²) in [6, 6.07) is 4.60. The molecule has 0 saturated carbocycles. The molecule has 1 aliphatic rings. The normalized spacial score (nSPS) is 19.2. The highest BCUT2D eigenvalue weighted by molar-refractivity contribution is 6.35. The van der Waals surface area contributed by atoms with Crippen LogP contribution in [0.3, 0.4) is 0 Å². The van der Waals surface area contributed by atoms with Gasteiger partial charge in [0.2, 0.25) is 11.8 Å². The van der Waals surface area contributed by atoms with E-state index in [4.69, 9.17) is 23.2 Å². The van der Waals surface area contributed by atoms with Gasteiger partial charge in [-0.2, -0.15) is 0 Å². The van der Waals surface area contributed by atoms with Gasteiger partial charge in [-0.15, -0.1) is 0 Å². The van der Waals surface area contributed by atoms with Gasteiger partial charge < -0.3 is 10.2 Å². The van der Waals surface area contributed by atoms with Crippen molar-refractivity contribution in [2.24, 2.45) is 0 Å². The average molecular weight is 301 g/mol. The van der Waals surface area contributed by atoms with Gasteiger partial charge in [0.1, 0.15) is 6.04 Å². The zero-order valence-electron chi connectivity index (χ0n) is 10.5. The minimum absolute atomic E-state index is 0.105. The smallest absolute Gasteiger partial charge is 0.242 e. The summed E-state index contributed by atoms with van der Waals surface area (Å²) in [6.07, 6.45) is 0.174. The van der Waals surface area contributed by atoms with E-state index in [0.29, 0.717) is 28.7 Å². The van der Waals surface area contributed by atoms with Crippen molar-refractivity contribution in [1.82, 2.24) is 10.2 Å². The summed E-state index contributed by atoms with van der Waals surface area (Å²) in [4.78, 5) is 25.3. The quantitative estimate of drug-likeness (QED) is 0.907. The molecular formula is C13H14Cl2N2O2. The second-order valence-electron chi connectivity index (χ2n) is 4.47. The molecular weight excluding hydrogens is 287 g/mol. The number of piperazine rings is 1. The zero-order chi connectivity index (χ0) is 14.0. The number of nitrogens with zero attached hydrogens (tertiary/aromatic N) is 1. The number of hydrogen-bond acceptors (Lipinski definition) is 2. The summed E-state index contributed by atoms with van der Waals surface area (Å²) in [5.74, 6) is -0.228. The molecule has 0 aromatic heterocycles. The molecule has 1 aromatic carbocycles. The standard InChI is InChI=1S/C13H14Cl2N2O2/c1-8-13(19)16-4-5-17(8)12(18)6-9-2-3-10(14)7-11(9)15/h2-3,7-8H,4-6H2,1H3,(H,16,19). The molecule has 1 fully saturated rings. The Balaban J connectivity index is 2.10. The summed E-state index contributed by atoms with van der Waals surface area (Å²) in [5.41, 5.74) is 0.717. The molecule has 6 heteroatoms. The number of hydrogen-bond donors (Lipinski definition) is 1. The van der Waals surface area contributed by atoms with Crippen LogP contribution in [-0.4, -0.2) is 35.8 Å². The van der Waals surface area contributed by atoms with E-state index in [2.05, 4.69) is 5.32 Å². The Labute approximate surface area is 121 Å². The lowest BCUT2D eigenvalue weighted by molar-refractivity contribution is -0.142. The minimum atomic E-state index is -0.438. The van der Waals surface area contributed by atoms with Crippen molar-refractivity contribution in [3.05, 3.63) is 33.8 Å². The van der Waals surface area contributed by atoms with Crippen LogP contribution in [-0.2, 0) is 16.0 Å². The van der Waals surface area contributed by atoms with E-state index in [1.165, 1.54) is 0 Å². The molecule has 1 heterocycles. The van der Waals surface area contributed by atoms with E-state index in [9.17, 15) is 9.59 Å². The average Bonchev–Trinajstić information content (AvgIpc) is 2.36. The molecule has 102 valence electrons. The number of amides is 2. The fourth-order valence-corrected chi connectivity index (χ4v) is 2.53. The first-order valence-corrected chi connectivity index (χ1v) is 6.75. The number of rotatable bonds is 2. The second kappa shape index (κ2) is 5.80. The van der Waals surface area contributed by atoms with Crippen molar-refractivity contribution in [3.63, 3.8) is 0 Å². The third kappa shape index (κ3) is 3.19. The molecule has 2 rings (SSSR count). The van der Waals surface area contributed by atoms with Gasteiger partial charge in [0.25, 0.3) is 0 Å². The molecule has 2 amide bonds. The van der Waals surface area contributed by atoms with Crippen molar-refractivity contribution in [1.29, 1.82) is 0 Å². The van der Waals surface area contributed by atoms with E-state index < -0.39 is 6.04 Å². The second-order valence-corrected chi connectivity index (χ2v) is 5.31. The van der Waals surface area contributed by atoms with Crippen LogP contribution in [0.1, 0.15) is 12.5 Å². The predicted molar refractivity (Wildman–Crippen MR) is 74.4 cm³/mol. The van der Waals surface area contributed by atoms with Gasteiger partial charge in [-0.3, -0.25) is 9.59 Å². The van der Waals surface area contributed by atoms with Gasteiger partial charge in [-0.1, -0.05) is 29.3 Å². The summed E-state index contributed by atoms with van der Waals surface area (Å²) in [5, 5.41) is 3.72. The molecule has 1 unspecified atom stereocenters.